The van der Waals surface area contributed by atoms with Crippen LogP contribution in [0.1, 0.15) is 33.6 Å². The molecule has 0 saturated carbocycles. The van der Waals surface area contributed by atoms with Gasteiger partial charge in [0, 0.05) is 6.07 Å². The minimum atomic E-state index is -0.512. The fourth-order valence-corrected chi connectivity index (χ4v) is 1.85. The maximum Gasteiger partial charge on any atom is 0.237 e. The third kappa shape index (κ3) is 5.71. The lowest BCUT2D eigenvalue weighted by molar-refractivity contribution is -0.123. The third-order valence-corrected chi connectivity index (χ3v) is 3.62. The van der Waals surface area contributed by atoms with Crippen LogP contribution in [0.4, 0.5) is 4.39 Å². The summed E-state index contributed by atoms with van der Waals surface area (Å²) in [7, 11) is 0. The van der Waals surface area contributed by atoms with Gasteiger partial charge in [0.1, 0.15) is 17.7 Å². The van der Waals surface area contributed by atoms with Gasteiger partial charge in [-0.25, -0.2) is 4.39 Å². The molecule has 0 spiro atoms. The van der Waals surface area contributed by atoms with E-state index in [1.54, 1.807) is 12.1 Å². The summed E-state index contributed by atoms with van der Waals surface area (Å²) < 4.78 is 18.8. The second-order valence-corrected chi connectivity index (χ2v) is 5.26. The smallest absolute Gasteiger partial charge is 0.237 e. The molecule has 0 aliphatic rings. The number of nitrogens with two attached hydrogens (primary N) is 1. The number of carbonyl (C=O) groups excluding carboxylic acids is 1. The standard InChI is InChI=1S/C16H25FN2O2/c1-4-11(3)15(18)16(20)19-10-13(5-2)21-14-8-6-7-12(17)9-14/h6-9,11,13,15H,4-5,10,18H2,1-3H3,(H,19,20). The molecule has 1 amide bonds. The van der Waals surface area contributed by atoms with Crippen molar-refractivity contribution in [3.63, 3.8) is 0 Å². The Balaban J connectivity index is 2.49. The van der Waals surface area contributed by atoms with E-state index in [1.165, 1.54) is 12.1 Å². The van der Waals surface area contributed by atoms with Crippen LogP contribution in [0.5, 0.6) is 5.75 Å². The molecule has 0 fully saturated rings. The molecule has 0 saturated heterocycles. The first-order valence-electron chi connectivity index (χ1n) is 7.43. The number of ether oxygens (including phenoxy) is 1. The Morgan fingerprint density at radius 1 is 1.38 bits per heavy atom. The molecule has 0 aliphatic carbocycles. The zero-order valence-electron chi connectivity index (χ0n) is 12.9. The molecule has 21 heavy (non-hydrogen) atoms. The molecule has 118 valence electrons. The van der Waals surface area contributed by atoms with Crippen LogP contribution in [-0.2, 0) is 4.79 Å². The zero-order valence-corrected chi connectivity index (χ0v) is 12.9. The predicted molar refractivity (Wildman–Crippen MR) is 81.5 cm³/mol. The highest BCUT2D eigenvalue weighted by Crippen LogP contribution is 2.15. The van der Waals surface area contributed by atoms with Gasteiger partial charge < -0.3 is 15.8 Å². The van der Waals surface area contributed by atoms with Gasteiger partial charge in [0.2, 0.25) is 5.91 Å². The van der Waals surface area contributed by atoms with Crippen molar-refractivity contribution in [2.24, 2.45) is 11.7 Å². The van der Waals surface area contributed by atoms with Crippen molar-refractivity contribution in [3.8, 4) is 5.75 Å². The summed E-state index contributed by atoms with van der Waals surface area (Å²) >= 11 is 0. The second-order valence-electron chi connectivity index (χ2n) is 5.26. The van der Waals surface area contributed by atoms with Gasteiger partial charge in [0.05, 0.1) is 12.6 Å². The van der Waals surface area contributed by atoms with Crippen LogP contribution in [0, 0.1) is 11.7 Å². The molecular weight excluding hydrogens is 271 g/mol. The fourth-order valence-electron chi connectivity index (χ4n) is 1.85. The van der Waals surface area contributed by atoms with Crippen molar-refractivity contribution in [1.29, 1.82) is 0 Å². The van der Waals surface area contributed by atoms with Gasteiger partial charge in [-0.2, -0.15) is 0 Å². The van der Waals surface area contributed by atoms with E-state index in [-0.39, 0.29) is 23.7 Å². The van der Waals surface area contributed by atoms with E-state index in [2.05, 4.69) is 5.32 Å². The third-order valence-electron chi connectivity index (χ3n) is 3.62. The number of nitrogens with one attached hydrogen (secondary N) is 1. The lowest BCUT2D eigenvalue weighted by Gasteiger charge is -2.21. The SMILES string of the molecule is CCC(CNC(=O)C(N)C(C)CC)Oc1cccc(F)c1. The summed E-state index contributed by atoms with van der Waals surface area (Å²) in [4.78, 5) is 11.9. The van der Waals surface area contributed by atoms with Gasteiger partial charge in [-0.3, -0.25) is 4.79 Å². The lowest BCUT2D eigenvalue weighted by atomic mass is 9.99. The fraction of sp³-hybridized carbons (Fsp3) is 0.562. The Kier molecular flexibility index (Phi) is 7.15. The summed E-state index contributed by atoms with van der Waals surface area (Å²) in [6.07, 6.45) is 1.35. The minimum absolute atomic E-state index is 0.134. The molecule has 3 atom stereocenters. The number of carbonyl (C=O) groups is 1. The number of amides is 1. The highest BCUT2D eigenvalue weighted by Gasteiger charge is 2.20. The van der Waals surface area contributed by atoms with Crippen molar-refractivity contribution in [3.05, 3.63) is 30.1 Å². The van der Waals surface area contributed by atoms with E-state index < -0.39 is 6.04 Å². The monoisotopic (exact) mass is 296 g/mol. The van der Waals surface area contributed by atoms with Crippen molar-refractivity contribution < 1.29 is 13.9 Å². The topological polar surface area (TPSA) is 64.4 Å². The first-order chi connectivity index (χ1) is 9.97. The van der Waals surface area contributed by atoms with Crippen molar-refractivity contribution >= 4 is 5.91 Å². The average molecular weight is 296 g/mol. The summed E-state index contributed by atoms with van der Waals surface area (Å²) in [6, 6.07) is 5.46. The van der Waals surface area contributed by atoms with E-state index in [4.69, 9.17) is 10.5 Å². The lowest BCUT2D eigenvalue weighted by Crippen LogP contribution is -2.47. The van der Waals surface area contributed by atoms with Crippen LogP contribution in [0.3, 0.4) is 0 Å². The molecule has 0 bridgehead atoms. The molecular formula is C16H25FN2O2. The number of hydrogen-bond donors (Lipinski definition) is 2. The van der Waals surface area contributed by atoms with Crippen LogP contribution < -0.4 is 15.8 Å². The average Bonchev–Trinajstić information content (AvgIpc) is 2.49. The predicted octanol–water partition coefficient (Wildman–Crippen LogP) is 2.47. The maximum absolute atomic E-state index is 13.1. The molecule has 3 unspecified atom stereocenters. The maximum atomic E-state index is 13.1. The van der Waals surface area contributed by atoms with Crippen molar-refractivity contribution in [2.45, 2.75) is 45.8 Å². The summed E-state index contributed by atoms with van der Waals surface area (Å²) in [6.45, 7) is 6.26. The Bertz CT molecular complexity index is 454. The quantitative estimate of drug-likeness (QED) is 0.774. The van der Waals surface area contributed by atoms with E-state index in [0.717, 1.165) is 6.42 Å². The minimum Gasteiger partial charge on any atom is -0.489 e. The van der Waals surface area contributed by atoms with Gasteiger partial charge >= 0.3 is 0 Å². The molecule has 0 radical (unpaired) electrons. The van der Waals surface area contributed by atoms with Crippen LogP contribution in [-0.4, -0.2) is 24.6 Å². The number of rotatable bonds is 8. The number of halogens is 1. The Hall–Kier alpha value is -1.62. The summed E-state index contributed by atoms with van der Waals surface area (Å²) in [5.41, 5.74) is 5.87. The molecule has 1 aromatic rings. The first kappa shape index (κ1) is 17.4. The molecule has 3 N–H and O–H groups in total. The van der Waals surface area contributed by atoms with Gasteiger partial charge in [0.15, 0.2) is 0 Å². The first-order valence-corrected chi connectivity index (χ1v) is 7.43. The normalized spacial score (nSPS) is 15.1. The molecule has 0 heterocycles. The van der Waals surface area contributed by atoms with Gasteiger partial charge in [-0.1, -0.05) is 33.3 Å². The van der Waals surface area contributed by atoms with Crippen LogP contribution in [0.25, 0.3) is 0 Å². The summed E-state index contributed by atoms with van der Waals surface area (Å²) in [5, 5.41) is 2.80. The van der Waals surface area contributed by atoms with E-state index in [0.29, 0.717) is 18.7 Å². The Labute approximate surface area is 125 Å². The Morgan fingerprint density at radius 3 is 2.67 bits per heavy atom. The highest BCUT2D eigenvalue weighted by molar-refractivity contribution is 5.81. The van der Waals surface area contributed by atoms with Crippen LogP contribution in [0.2, 0.25) is 0 Å². The molecule has 4 nitrogen and oxygen atoms in total. The second kappa shape index (κ2) is 8.62. The van der Waals surface area contributed by atoms with Crippen LogP contribution in [0.15, 0.2) is 24.3 Å². The number of hydrogen-bond acceptors (Lipinski definition) is 3. The van der Waals surface area contributed by atoms with Crippen molar-refractivity contribution in [1.82, 2.24) is 5.32 Å². The molecule has 1 rings (SSSR count). The molecule has 5 heteroatoms. The van der Waals surface area contributed by atoms with E-state index in [9.17, 15) is 9.18 Å². The van der Waals surface area contributed by atoms with Gasteiger partial charge in [-0.05, 0) is 24.5 Å². The Morgan fingerprint density at radius 2 is 2.10 bits per heavy atom. The molecule has 0 aromatic heterocycles. The van der Waals surface area contributed by atoms with Gasteiger partial charge in [-0.15, -0.1) is 0 Å². The number of benzene rings is 1. The van der Waals surface area contributed by atoms with Gasteiger partial charge in [0.25, 0.3) is 0 Å². The molecule has 1 aromatic carbocycles. The largest absolute Gasteiger partial charge is 0.489 e. The summed E-state index contributed by atoms with van der Waals surface area (Å²) in [5.74, 6) is 0.0763. The van der Waals surface area contributed by atoms with E-state index in [1.807, 2.05) is 20.8 Å². The van der Waals surface area contributed by atoms with Crippen molar-refractivity contribution in [2.75, 3.05) is 6.54 Å². The molecule has 0 aliphatic heterocycles. The zero-order chi connectivity index (χ0) is 15.8. The van der Waals surface area contributed by atoms with Crippen LogP contribution >= 0.6 is 0 Å². The highest BCUT2D eigenvalue weighted by atomic mass is 19.1. The van der Waals surface area contributed by atoms with E-state index >= 15 is 0 Å².